The molecule has 0 aliphatic heterocycles. The van der Waals surface area contributed by atoms with Gasteiger partial charge in [0.05, 0.1) is 6.10 Å². The summed E-state index contributed by atoms with van der Waals surface area (Å²) in [5.74, 6) is -0.608. The van der Waals surface area contributed by atoms with Crippen LogP contribution in [0.1, 0.15) is 43.7 Å². The fourth-order valence-electron chi connectivity index (χ4n) is 3.30. The normalized spacial score (nSPS) is 13.0. The Morgan fingerprint density at radius 3 is 1.79 bits per heavy atom. The van der Waals surface area contributed by atoms with Crippen LogP contribution in [0, 0.1) is 11.6 Å². The van der Waals surface area contributed by atoms with Crippen LogP contribution >= 0.6 is 0 Å². The summed E-state index contributed by atoms with van der Waals surface area (Å²) >= 11 is 0. The van der Waals surface area contributed by atoms with Crippen LogP contribution in [0.2, 0.25) is 0 Å². The first-order chi connectivity index (χ1) is 11.5. The standard InChI is InChI=1S/C20H25F2NO/c1-2-3-12-20(13-19(24)14-23,15-4-8-17(21)9-5-15)16-6-10-18(22)11-7-16/h4-11,19,24H,2-3,12-14,23H2,1H3. The van der Waals surface area contributed by atoms with Crippen LogP contribution in [0.25, 0.3) is 0 Å². The number of aliphatic hydroxyl groups is 1. The van der Waals surface area contributed by atoms with E-state index in [1.807, 2.05) is 0 Å². The number of aliphatic hydroxyl groups excluding tert-OH is 1. The fourth-order valence-corrected chi connectivity index (χ4v) is 3.30. The molecule has 0 bridgehead atoms. The van der Waals surface area contributed by atoms with Crippen molar-refractivity contribution in [3.8, 4) is 0 Å². The van der Waals surface area contributed by atoms with E-state index in [-0.39, 0.29) is 18.2 Å². The van der Waals surface area contributed by atoms with Gasteiger partial charge in [0.2, 0.25) is 0 Å². The first-order valence-electron chi connectivity index (χ1n) is 8.42. The monoisotopic (exact) mass is 333 g/mol. The zero-order chi connectivity index (χ0) is 17.6. The summed E-state index contributed by atoms with van der Waals surface area (Å²) in [5, 5.41) is 10.3. The summed E-state index contributed by atoms with van der Waals surface area (Å²) in [5.41, 5.74) is 6.95. The molecule has 4 heteroatoms. The van der Waals surface area contributed by atoms with Crippen molar-refractivity contribution in [1.29, 1.82) is 0 Å². The van der Waals surface area contributed by atoms with Gasteiger partial charge in [-0.15, -0.1) is 0 Å². The van der Waals surface area contributed by atoms with E-state index in [0.717, 1.165) is 30.4 Å². The fraction of sp³-hybridized carbons (Fsp3) is 0.400. The molecule has 0 radical (unpaired) electrons. The number of unbranched alkanes of at least 4 members (excludes halogenated alkanes) is 1. The van der Waals surface area contributed by atoms with Crippen molar-refractivity contribution in [2.24, 2.45) is 5.73 Å². The van der Waals surface area contributed by atoms with Crippen LogP contribution in [0.15, 0.2) is 48.5 Å². The average Bonchev–Trinajstić information content (AvgIpc) is 2.60. The molecule has 0 aliphatic carbocycles. The molecule has 0 spiro atoms. The predicted molar refractivity (Wildman–Crippen MR) is 92.8 cm³/mol. The second-order valence-corrected chi connectivity index (χ2v) is 6.29. The van der Waals surface area contributed by atoms with E-state index in [0.29, 0.717) is 6.42 Å². The highest BCUT2D eigenvalue weighted by Gasteiger charge is 2.35. The molecule has 0 fully saturated rings. The topological polar surface area (TPSA) is 46.2 Å². The number of nitrogens with two attached hydrogens (primary N) is 1. The van der Waals surface area contributed by atoms with Crippen molar-refractivity contribution < 1.29 is 13.9 Å². The third-order valence-corrected chi connectivity index (χ3v) is 4.61. The van der Waals surface area contributed by atoms with Gasteiger partial charge in [-0.05, 0) is 48.2 Å². The summed E-state index contributed by atoms with van der Waals surface area (Å²) in [6.07, 6.45) is 2.44. The Bertz CT molecular complexity index is 580. The van der Waals surface area contributed by atoms with Gasteiger partial charge >= 0.3 is 0 Å². The average molecular weight is 333 g/mol. The van der Waals surface area contributed by atoms with E-state index >= 15 is 0 Å². The lowest BCUT2D eigenvalue weighted by Gasteiger charge is -2.37. The smallest absolute Gasteiger partial charge is 0.123 e. The molecular weight excluding hydrogens is 308 g/mol. The minimum atomic E-state index is -0.683. The molecule has 0 saturated heterocycles. The van der Waals surface area contributed by atoms with E-state index < -0.39 is 11.5 Å². The highest BCUT2D eigenvalue weighted by molar-refractivity contribution is 5.40. The highest BCUT2D eigenvalue weighted by Crippen LogP contribution is 2.41. The second kappa shape index (κ2) is 8.36. The zero-order valence-electron chi connectivity index (χ0n) is 14.0. The van der Waals surface area contributed by atoms with Crippen molar-refractivity contribution in [3.63, 3.8) is 0 Å². The molecular formula is C20H25F2NO. The quantitative estimate of drug-likeness (QED) is 0.762. The Hall–Kier alpha value is -1.78. The van der Waals surface area contributed by atoms with Gasteiger partial charge in [-0.3, -0.25) is 0 Å². The molecule has 2 nitrogen and oxygen atoms in total. The van der Waals surface area contributed by atoms with Crippen LogP contribution in [0.5, 0.6) is 0 Å². The van der Waals surface area contributed by atoms with Gasteiger partial charge < -0.3 is 10.8 Å². The number of halogens is 2. The Morgan fingerprint density at radius 2 is 1.42 bits per heavy atom. The number of hydrogen-bond acceptors (Lipinski definition) is 2. The van der Waals surface area contributed by atoms with Crippen molar-refractivity contribution in [2.45, 2.75) is 44.1 Å². The summed E-state index contributed by atoms with van der Waals surface area (Å²) < 4.78 is 26.8. The molecule has 2 aromatic rings. The summed E-state index contributed by atoms with van der Waals surface area (Å²) in [6, 6.07) is 12.7. The van der Waals surface area contributed by atoms with E-state index in [1.54, 1.807) is 24.3 Å². The Kier molecular flexibility index (Phi) is 6.46. The SMILES string of the molecule is CCCCC(CC(O)CN)(c1ccc(F)cc1)c1ccc(F)cc1. The summed E-state index contributed by atoms with van der Waals surface area (Å²) in [6.45, 7) is 2.25. The second-order valence-electron chi connectivity index (χ2n) is 6.29. The Labute approximate surface area is 142 Å². The van der Waals surface area contributed by atoms with Crippen LogP contribution in [0.3, 0.4) is 0 Å². The summed E-state index contributed by atoms with van der Waals surface area (Å²) in [7, 11) is 0. The van der Waals surface area contributed by atoms with E-state index in [2.05, 4.69) is 6.92 Å². The van der Waals surface area contributed by atoms with Gasteiger partial charge in [0.1, 0.15) is 11.6 Å². The maximum Gasteiger partial charge on any atom is 0.123 e. The predicted octanol–water partition coefficient (Wildman–Crippen LogP) is 4.15. The van der Waals surface area contributed by atoms with Gasteiger partial charge in [0.25, 0.3) is 0 Å². The van der Waals surface area contributed by atoms with Crippen molar-refractivity contribution in [2.75, 3.05) is 6.54 Å². The number of rotatable bonds is 8. The Morgan fingerprint density at radius 1 is 0.958 bits per heavy atom. The van der Waals surface area contributed by atoms with Crippen molar-refractivity contribution in [1.82, 2.24) is 0 Å². The number of hydrogen-bond donors (Lipinski definition) is 2. The molecule has 3 N–H and O–H groups in total. The third-order valence-electron chi connectivity index (χ3n) is 4.61. The van der Waals surface area contributed by atoms with Crippen molar-refractivity contribution in [3.05, 3.63) is 71.3 Å². The van der Waals surface area contributed by atoms with Crippen LogP contribution in [-0.2, 0) is 5.41 Å². The Balaban J connectivity index is 2.57. The van der Waals surface area contributed by atoms with Gasteiger partial charge in [-0.25, -0.2) is 8.78 Å². The van der Waals surface area contributed by atoms with E-state index in [4.69, 9.17) is 5.73 Å². The molecule has 2 aromatic carbocycles. The molecule has 2 rings (SSSR count). The van der Waals surface area contributed by atoms with Crippen molar-refractivity contribution >= 4 is 0 Å². The highest BCUT2D eigenvalue weighted by atomic mass is 19.1. The van der Waals surface area contributed by atoms with E-state index in [9.17, 15) is 13.9 Å². The minimum Gasteiger partial charge on any atom is -0.392 e. The first kappa shape index (κ1) is 18.6. The van der Waals surface area contributed by atoms with Gasteiger partial charge in [-0.2, -0.15) is 0 Å². The van der Waals surface area contributed by atoms with Crippen LogP contribution < -0.4 is 5.73 Å². The van der Waals surface area contributed by atoms with Crippen LogP contribution in [-0.4, -0.2) is 17.8 Å². The maximum absolute atomic E-state index is 13.4. The third kappa shape index (κ3) is 4.19. The molecule has 1 atom stereocenters. The molecule has 0 aliphatic rings. The lowest BCUT2D eigenvalue weighted by Crippen LogP contribution is -2.35. The first-order valence-corrected chi connectivity index (χ1v) is 8.42. The largest absolute Gasteiger partial charge is 0.392 e. The lowest BCUT2D eigenvalue weighted by atomic mass is 9.67. The number of benzene rings is 2. The molecule has 1 unspecified atom stereocenters. The van der Waals surface area contributed by atoms with E-state index in [1.165, 1.54) is 24.3 Å². The molecule has 0 heterocycles. The minimum absolute atomic E-state index is 0.149. The maximum atomic E-state index is 13.4. The lowest BCUT2D eigenvalue weighted by molar-refractivity contribution is 0.143. The van der Waals surface area contributed by atoms with Gasteiger partial charge in [-0.1, -0.05) is 44.0 Å². The zero-order valence-corrected chi connectivity index (χ0v) is 14.0. The summed E-state index contributed by atoms with van der Waals surface area (Å²) in [4.78, 5) is 0. The molecule has 130 valence electrons. The molecule has 0 aromatic heterocycles. The van der Waals surface area contributed by atoms with Gasteiger partial charge in [0, 0.05) is 12.0 Å². The van der Waals surface area contributed by atoms with Gasteiger partial charge in [0.15, 0.2) is 0 Å². The van der Waals surface area contributed by atoms with Crippen LogP contribution in [0.4, 0.5) is 8.78 Å². The molecule has 0 saturated carbocycles. The molecule has 24 heavy (non-hydrogen) atoms. The molecule has 0 amide bonds.